The molecule has 1 aromatic heterocycles. The normalized spacial score (nSPS) is 13.5. The average molecular weight is 533 g/mol. The van der Waals surface area contributed by atoms with Crippen LogP contribution < -0.4 is 10.6 Å². The Morgan fingerprint density at radius 3 is 2.27 bits per heavy atom. The first-order chi connectivity index (χ1) is 19.4. The molecule has 0 saturated carbocycles. The second-order valence-electron chi connectivity index (χ2n) is 10.2. The zero-order valence-corrected chi connectivity index (χ0v) is 23.6. The molecule has 4 aromatic rings. The summed E-state index contributed by atoms with van der Waals surface area (Å²) in [7, 11) is 0. The lowest BCUT2D eigenvalue weighted by molar-refractivity contribution is -0.110. The summed E-state index contributed by atoms with van der Waals surface area (Å²) < 4.78 is 0. The van der Waals surface area contributed by atoms with Crippen molar-refractivity contribution in [1.29, 1.82) is 0 Å². The van der Waals surface area contributed by atoms with E-state index >= 15 is 0 Å². The van der Waals surface area contributed by atoms with Crippen LogP contribution in [0.25, 0.3) is 33.9 Å². The van der Waals surface area contributed by atoms with Crippen LogP contribution in [0.3, 0.4) is 0 Å². The van der Waals surface area contributed by atoms with Crippen LogP contribution in [0.4, 0.5) is 5.69 Å². The third-order valence-electron chi connectivity index (χ3n) is 7.71. The van der Waals surface area contributed by atoms with Gasteiger partial charge in [-0.05, 0) is 79.0 Å². The molecule has 2 amide bonds. The minimum atomic E-state index is -0.151. The zero-order valence-electron chi connectivity index (χ0n) is 23.6. The zero-order chi connectivity index (χ0) is 28.2. The number of nitrogens with one attached hydrogen (secondary N) is 3. The fourth-order valence-corrected chi connectivity index (χ4v) is 5.38. The van der Waals surface area contributed by atoms with E-state index in [1.54, 1.807) is 0 Å². The molecule has 0 fully saturated rings. The van der Waals surface area contributed by atoms with E-state index in [2.05, 4.69) is 76.8 Å². The molecule has 0 unspecified atom stereocenters. The molecule has 6 heteroatoms. The second kappa shape index (κ2) is 11.8. The van der Waals surface area contributed by atoms with Gasteiger partial charge in [-0.25, -0.2) is 0 Å². The molecule has 3 aromatic carbocycles. The quantitative estimate of drug-likeness (QED) is 0.215. The van der Waals surface area contributed by atoms with E-state index in [0.717, 1.165) is 70.1 Å². The maximum atomic E-state index is 13.0. The number of aromatic amines is 1. The summed E-state index contributed by atoms with van der Waals surface area (Å²) in [6.45, 7) is 11.4. The minimum Gasteiger partial charge on any atom is -0.358 e. The number of hydrogen-bond acceptors (Lipinski definition) is 3. The maximum absolute atomic E-state index is 13.0. The third-order valence-corrected chi connectivity index (χ3v) is 7.71. The number of fused-ring (bicyclic) bond motifs is 1. The van der Waals surface area contributed by atoms with Gasteiger partial charge in [-0.2, -0.15) is 0 Å². The molecule has 0 aliphatic carbocycles. The third kappa shape index (κ3) is 5.49. The van der Waals surface area contributed by atoms with E-state index in [0.29, 0.717) is 17.7 Å². The summed E-state index contributed by atoms with van der Waals surface area (Å²) in [4.78, 5) is 31.7. The highest BCUT2D eigenvalue weighted by Gasteiger charge is 2.26. The number of rotatable bonds is 9. The number of hydrogen-bond donors (Lipinski definition) is 3. The van der Waals surface area contributed by atoms with Gasteiger partial charge >= 0.3 is 0 Å². The Balaban J connectivity index is 1.43. The van der Waals surface area contributed by atoms with Gasteiger partial charge in [0.15, 0.2) is 0 Å². The van der Waals surface area contributed by atoms with Crippen LogP contribution in [0, 0.1) is 13.8 Å². The Labute approximate surface area is 236 Å². The molecule has 0 spiro atoms. The predicted molar refractivity (Wildman–Crippen MR) is 164 cm³/mol. The van der Waals surface area contributed by atoms with Crippen molar-refractivity contribution in [3.63, 3.8) is 0 Å². The van der Waals surface area contributed by atoms with Crippen molar-refractivity contribution in [2.75, 3.05) is 31.5 Å². The van der Waals surface area contributed by atoms with E-state index in [1.807, 2.05) is 50.3 Å². The Bertz CT molecular complexity index is 1580. The summed E-state index contributed by atoms with van der Waals surface area (Å²) in [5.74, 6) is -0.248. The summed E-state index contributed by atoms with van der Waals surface area (Å²) in [5.41, 5.74) is 9.65. The van der Waals surface area contributed by atoms with Crippen LogP contribution in [-0.4, -0.2) is 47.9 Å². The van der Waals surface area contributed by atoms with Gasteiger partial charge in [0.05, 0.1) is 11.1 Å². The number of H-pyrrole nitrogens is 1. The van der Waals surface area contributed by atoms with E-state index < -0.39 is 0 Å². The molecular formula is C34H36N4O2. The fraction of sp³-hybridized carbons (Fsp3) is 0.235. The van der Waals surface area contributed by atoms with Crippen molar-refractivity contribution in [2.45, 2.75) is 27.7 Å². The topological polar surface area (TPSA) is 77.2 Å². The number of carbonyl (C=O) groups is 2. The van der Waals surface area contributed by atoms with Gasteiger partial charge in [0.1, 0.15) is 0 Å². The number of benzene rings is 3. The van der Waals surface area contributed by atoms with Crippen molar-refractivity contribution >= 4 is 29.2 Å². The first kappa shape index (κ1) is 27.2. The van der Waals surface area contributed by atoms with Crippen molar-refractivity contribution in [3.8, 4) is 22.3 Å². The molecular weight excluding hydrogens is 496 g/mol. The largest absolute Gasteiger partial charge is 0.358 e. The molecule has 0 bridgehead atoms. The van der Waals surface area contributed by atoms with Crippen LogP contribution in [-0.2, 0) is 4.79 Å². The van der Waals surface area contributed by atoms with Gasteiger partial charge in [0.2, 0.25) is 0 Å². The summed E-state index contributed by atoms with van der Waals surface area (Å²) >= 11 is 0. The smallest absolute Gasteiger partial charge is 0.256 e. The Hall–Kier alpha value is -4.42. The highest BCUT2D eigenvalue weighted by molar-refractivity contribution is 6.35. The summed E-state index contributed by atoms with van der Waals surface area (Å²) in [6.07, 6.45) is 1.86. The molecule has 0 radical (unpaired) electrons. The van der Waals surface area contributed by atoms with Gasteiger partial charge in [-0.3, -0.25) is 9.59 Å². The average Bonchev–Trinajstić information content (AvgIpc) is 3.44. The molecule has 0 atom stereocenters. The lowest BCUT2D eigenvalue weighted by Gasteiger charge is -2.18. The number of aryl methyl sites for hydroxylation is 1. The Kier molecular flexibility index (Phi) is 7.99. The highest BCUT2D eigenvalue weighted by Crippen LogP contribution is 2.37. The molecule has 2 heterocycles. The number of amides is 2. The highest BCUT2D eigenvalue weighted by atomic mass is 16.2. The summed E-state index contributed by atoms with van der Waals surface area (Å²) in [5, 5.41) is 6.04. The molecule has 0 saturated heterocycles. The van der Waals surface area contributed by atoms with Gasteiger partial charge in [0, 0.05) is 35.7 Å². The maximum Gasteiger partial charge on any atom is 0.256 e. The monoisotopic (exact) mass is 532 g/mol. The number of carbonyl (C=O) groups excluding carboxylic acids is 2. The Morgan fingerprint density at radius 2 is 1.55 bits per heavy atom. The number of nitrogens with zero attached hydrogens (tertiary/aromatic N) is 1. The molecule has 5 rings (SSSR count). The van der Waals surface area contributed by atoms with Crippen molar-refractivity contribution in [1.82, 2.24) is 15.2 Å². The minimum absolute atomic E-state index is 0.0973. The first-order valence-electron chi connectivity index (χ1n) is 13.9. The number of likely N-dealkylation sites (N-methyl/N-ethyl adjacent to an activating group) is 1. The predicted octanol–water partition coefficient (Wildman–Crippen LogP) is 6.53. The Morgan fingerprint density at radius 1 is 0.875 bits per heavy atom. The van der Waals surface area contributed by atoms with Crippen LogP contribution in [0.1, 0.15) is 46.7 Å². The lowest BCUT2D eigenvalue weighted by Crippen LogP contribution is -2.35. The summed E-state index contributed by atoms with van der Waals surface area (Å²) in [6, 6.07) is 24.8. The van der Waals surface area contributed by atoms with Crippen LogP contribution in [0.2, 0.25) is 0 Å². The second-order valence-corrected chi connectivity index (χ2v) is 10.2. The first-order valence-corrected chi connectivity index (χ1v) is 13.9. The molecule has 6 nitrogen and oxygen atoms in total. The van der Waals surface area contributed by atoms with E-state index in [9.17, 15) is 9.59 Å². The number of anilines is 1. The fourth-order valence-electron chi connectivity index (χ4n) is 5.38. The lowest BCUT2D eigenvalue weighted by atomic mass is 9.96. The molecule has 1 aliphatic heterocycles. The van der Waals surface area contributed by atoms with Gasteiger partial charge in [-0.1, -0.05) is 68.4 Å². The molecule has 3 N–H and O–H groups in total. The van der Waals surface area contributed by atoms with Crippen molar-refractivity contribution in [2.24, 2.45) is 0 Å². The van der Waals surface area contributed by atoms with Crippen molar-refractivity contribution in [3.05, 3.63) is 101 Å². The van der Waals surface area contributed by atoms with Crippen molar-refractivity contribution < 1.29 is 9.59 Å². The SMILES string of the molecule is CCN(CC)CCNC(=O)c1c(C)[nH]c(C=C2C(=O)Nc3ccc(-c4cccc(-c5ccccc5)c4)cc32)c1C. The molecule has 204 valence electrons. The van der Waals surface area contributed by atoms with Crippen LogP contribution in [0.5, 0.6) is 0 Å². The van der Waals surface area contributed by atoms with Crippen LogP contribution in [0.15, 0.2) is 72.8 Å². The molecule has 40 heavy (non-hydrogen) atoms. The van der Waals surface area contributed by atoms with Gasteiger partial charge < -0.3 is 20.5 Å². The van der Waals surface area contributed by atoms with E-state index in [1.165, 1.54) is 0 Å². The van der Waals surface area contributed by atoms with E-state index in [4.69, 9.17) is 0 Å². The van der Waals surface area contributed by atoms with Gasteiger partial charge in [0.25, 0.3) is 11.8 Å². The van der Waals surface area contributed by atoms with Crippen LogP contribution >= 0.6 is 0 Å². The van der Waals surface area contributed by atoms with E-state index in [-0.39, 0.29) is 11.8 Å². The van der Waals surface area contributed by atoms with Gasteiger partial charge in [-0.15, -0.1) is 0 Å². The standard InChI is InChI=1S/C34H36N4O2/c1-5-38(6-2)18-17-35-34(40)32-22(3)31(36-23(32)4)21-29-28-20-27(15-16-30(28)37-33(29)39)26-14-10-13-25(19-26)24-11-8-7-9-12-24/h7-16,19-21,36H,5-6,17-18H2,1-4H3,(H,35,40)(H,37,39). The number of aromatic nitrogens is 1. The molecule has 1 aliphatic rings.